The van der Waals surface area contributed by atoms with Gasteiger partial charge in [-0.15, -0.1) is 0 Å². The molecule has 1 saturated carbocycles. The summed E-state index contributed by atoms with van der Waals surface area (Å²) < 4.78 is 0. The number of amides is 2. The number of carbonyl (C=O) groups excluding carboxylic acids is 1. The molecule has 0 aromatic heterocycles. The van der Waals surface area contributed by atoms with E-state index in [1.54, 1.807) is 4.90 Å². The molecular weight excluding hydrogens is 226 g/mol. The Bertz CT molecular complexity index is 415. The molecule has 4 heteroatoms. The predicted molar refractivity (Wildman–Crippen MR) is 74.7 cm³/mol. The van der Waals surface area contributed by atoms with Gasteiger partial charge in [-0.3, -0.25) is 4.90 Å². The lowest BCUT2D eigenvalue weighted by atomic mass is 9.93. The number of benzene rings is 1. The Morgan fingerprint density at radius 1 is 1.44 bits per heavy atom. The second kappa shape index (κ2) is 5.76. The first-order chi connectivity index (χ1) is 8.72. The third-order valence-corrected chi connectivity index (χ3v) is 3.35. The first-order valence-corrected chi connectivity index (χ1v) is 6.65. The number of rotatable bonds is 4. The summed E-state index contributed by atoms with van der Waals surface area (Å²) in [5, 5.41) is 3.06. The maximum Gasteiger partial charge on any atom is 0.322 e. The van der Waals surface area contributed by atoms with E-state index in [1.807, 2.05) is 24.3 Å². The van der Waals surface area contributed by atoms with Crippen molar-refractivity contribution in [1.82, 2.24) is 5.32 Å². The fraction of sp³-hybridized carbons (Fsp3) is 0.500. The third kappa shape index (κ3) is 2.75. The summed E-state index contributed by atoms with van der Waals surface area (Å²) >= 11 is 0. The van der Waals surface area contributed by atoms with Crippen LogP contribution in [0.1, 0.15) is 32.6 Å². The average molecular weight is 247 g/mol. The van der Waals surface area contributed by atoms with Gasteiger partial charge in [0.1, 0.15) is 0 Å². The molecule has 2 amide bonds. The highest BCUT2D eigenvalue weighted by molar-refractivity contribution is 5.95. The van der Waals surface area contributed by atoms with Gasteiger partial charge in [0.05, 0.1) is 11.4 Å². The van der Waals surface area contributed by atoms with Crippen molar-refractivity contribution < 1.29 is 4.79 Å². The SMILES string of the molecule is CCCN(C(=O)NC1CCC1)c1ccccc1N. The second-order valence-corrected chi connectivity index (χ2v) is 4.79. The number of nitrogens with zero attached hydrogens (tertiary/aromatic N) is 1. The van der Waals surface area contributed by atoms with Crippen molar-refractivity contribution in [2.75, 3.05) is 17.2 Å². The number of para-hydroxylation sites is 2. The van der Waals surface area contributed by atoms with Gasteiger partial charge in [-0.2, -0.15) is 0 Å². The van der Waals surface area contributed by atoms with E-state index in [9.17, 15) is 4.79 Å². The first-order valence-electron chi connectivity index (χ1n) is 6.65. The second-order valence-electron chi connectivity index (χ2n) is 4.79. The van der Waals surface area contributed by atoms with E-state index < -0.39 is 0 Å². The van der Waals surface area contributed by atoms with Gasteiger partial charge in [0.15, 0.2) is 0 Å². The summed E-state index contributed by atoms with van der Waals surface area (Å²) in [5.74, 6) is 0. The fourth-order valence-electron chi connectivity index (χ4n) is 2.09. The average Bonchev–Trinajstić information content (AvgIpc) is 2.32. The van der Waals surface area contributed by atoms with Crippen molar-refractivity contribution in [2.45, 2.75) is 38.6 Å². The zero-order valence-electron chi connectivity index (χ0n) is 10.9. The molecule has 4 nitrogen and oxygen atoms in total. The van der Waals surface area contributed by atoms with Crippen LogP contribution in [0.2, 0.25) is 0 Å². The highest BCUT2D eigenvalue weighted by Gasteiger charge is 2.23. The molecule has 1 aromatic carbocycles. The molecule has 0 unspecified atom stereocenters. The summed E-state index contributed by atoms with van der Waals surface area (Å²) in [7, 11) is 0. The van der Waals surface area contributed by atoms with Crippen molar-refractivity contribution >= 4 is 17.4 Å². The minimum absolute atomic E-state index is 0.0283. The lowest BCUT2D eigenvalue weighted by molar-refractivity contribution is 0.234. The molecule has 98 valence electrons. The molecule has 2 rings (SSSR count). The Morgan fingerprint density at radius 2 is 2.17 bits per heavy atom. The van der Waals surface area contributed by atoms with Crippen LogP contribution in [0.3, 0.4) is 0 Å². The minimum atomic E-state index is -0.0283. The van der Waals surface area contributed by atoms with Crippen LogP contribution in [0.15, 0.2) is 24.3 Å². The molecule has 1 aliphatic carbocycles. The van der Waals surface area contributed by atoms with E-state index in [-0.39, 0.29) is 6.03 Å². The van der Waals surface area contributed by atoms with E-state index in [4.69, 9.17) is 5.73 Å². The smallest absolute Gasteiger partial charge is 0.322 e. The number of anilines is 2. The van der Waals surface area contributed by atoms with Crippen LogP contribution in [-0.4, -0.2) is 18.6 Å². The van der Waals surface area contributed by atoms with Crippen LogP contribution < -0.4 is 16.0 Å². The predicted octanol–water partition coefficient (Wildman–Crippen LogP) is 2.75. The number of urea groups is 1. The van der Waals surface area contributed by atoms with Crippen LogP contribution in [0.4, 0.5) is 16.2 Å². The van der Waals surface area contributed by atoms with Crippen LogP contribution in [0, 0.1) is 0 Å². The molecule has 0 bridgehead atoms. The summed E-state index contributed by atoms with van der Waals surface area (Å²) in [4.78, 5) is 14.0. The molecule has 1 aromatic rings. The van der Waals surface area contributed by atoms with Crippen molar-refractivity contribution in [1.29, 1.82) is 0 Å². The molecule has 0 aliphatic heterocycles. The van der Waals surface area contributed by atoms with E-state index in [0.29, 0.717) is 18.3 Å². The molecular formula is C14H21N3O. The van der Waals surface area contributed by atoms with Crippen molar-refractivity contribution in [2.24, 2.45) is 0 Å². The third-order valence-electron chi connectivity index (χ3n) is 3.35. The molecule has 0 atom stereocenters. The quantitative estimate of drug-likeness (QED) is 0.804. The van der Waals surface area contributed by atoms with Crippen LogP contribution in [0.5, 0.6) is 0 Å². The molecule has 1 aliphatic rings. The van der Waals surface area contributed by atoms with Gasteiger partial charge >= 0.3 is 6.03 Å². The molecule has 0 radical (unpaired) electrons. The molecule has 0 spiro atoms. The number of hydrogen-bond acceptors (Lipinski definition) is 2. The van der Waals surface area contributed by atoms with E-state index >= 15 is 0 Å². The Labute approximate surface area is 108 Å². The Kier molecular flexibility index (Phi) is 4.07. The lowest BCUT2D eigenvalue weighted by Crippen LogP contribution is -2.48. The van der Waals surface area contributed by atoms with Gasteiger partial charge < -0.3 is 11.1 Å². The van der Waals surface area contributed by atoms with Crippen LogP contribution in [-0.2, 0) is 0 Å². The summed E-state index contributed by atoms with van der Waals surface area (Å²) in [6.45, 7) is 2.75. The molecule has 18 heavy (non-hydrogen) atoms. The molecule has 0 heterocycles. The van der Waals surface area contributed by atoms with E-state index in [0.717, 1.165) is 24.9 Å². The zero-order valence-corrected chi connectivity index (χ0v) is 10.9. The van der Waals surface area contributed by atoms with E-state index in [1.165, 1.54) is 6.42 Å². The first kappa shape index (κ1) is 12.7. The zero-order chi connectivity index (χ0) is 13.0. The van der Waals surface area contributed by atoms with Crippen molar-refractivity contribution in [3.05, 3.63) is 24.3 Å². The summed E-state index contributed by atoms with van der Waals surface area (Å²) in [6, 6.07) is 7.83. The number of hydrogen-bond donors (Lipinski definition) is 2. The van der Waals surface area contributed by atoms with Crippen LogP contribution in [0.25, 0.3) is 0 Å². The maximum absolute atomic E-state index is 12.2. The van der Waals surface area contributed by atoms with Crippen LogP contribution >= 0.6 is 0 Å². The van der Waals surface area contributed by atoms with Gasteiger partial charge in [-0.25, -0.2) is 4.79 Å². The summed E-state index contributed by atoms with van der Waals surface area (Å²) in [5.41, 5.74) is 7.40. The van der Waals surface area contributed by atoms with Gasteiger partial charge in [0.2, 0.25) is 0 Å². The van der Waals surface area contributed by atoms with Gasteiger partial charge in [0, 0.05) is 12.6 Å². The summed E-state index contributed by atoms with van der Waals surface area (Å²) in [6.07, 6.45) is 4.31. The van der Waals surface area contributed by atoms with Gasteiger partial charge in [-0.05, 0) is 37.8 Å². The standard InChI is InChI=1S/C14H21N3O/c1-2-10-17(13-9-4-3-8-12(13)15)14(18)16-11-6-5-7-11/h3-4,8-9,11H,2,5-7,10,15H2,1H3,(H,16,18). The van der Waals surface area contributed by atoms with Gasteiger partial charge in [0.25, 0.3) is 0 Å². The Balaban J connectivity index is 2.11. The lowest BCUT2D eigenvalue weighted by Gasteiger charge is -2.31. The highest BCUT2D eigenvalue weighted by atomic mass is 16.2. The van der Waals surface area contributed by atoms with Gasteiger partial charge in [-0.1, -0.05) is 19.1 Å². The Morgan fingerprint density at radius 3 is 2.72 bits per heavy atom. The minimum Gasteiger partial charge on any atom is -0.397 e. The highest BCUT2D eigenvalue weighted by Crippen LogP contribution is 2.24. The van der Waals surface area contributed by atoms with E-state index in [2.05, 4.69) is 12.2 Å². The number of carbonyl (C=O) groups is 1. The maximum atomic E-state index is 12.2. The van der Waals surface area contributed by atoms with Crippen molar-refractivity contribution in [3.8, 4) is 0 Å². The van der Waals surface area contributed by atoms with Crippen molar-refractivity contribution in [3.63, 3.8) is 0 Å². The monoisotopic (exact) mass is 247 g/mol. The molecule has 3 N–H and O–H groups in total. The molecule has 0 saturated heterocycles. The number of nitrogens with one attached hydrogen (secondary N) is 1. The number of nitrogen functional groups attached to an aromatic ring is 1. The largest absolute Gasteiger partial charge is 0.397 e. The fourth-order valence-corrected chi connectivity index (χ4v) is 2.09. The normalized spacial score (nSPS) is 14.9. The number of nitrogens with two attached hydrogens (primary N) is 1. The molecule has 1 fully saturated rings. The topological polar surface area (TPSA) is 58.4 Å². The Hall–Kier alpha value is -1.71.